The summed E-state index contributed by atoms with van der Waals surface area (Å²) in [7, 11) is 0. The number of hydrogen-bond donors (Lipinski definition) is 0. The summed E-state index contributed by atoms with van der Waals surface area (Å²) in [5.41, 5.74) is 1.17. The number of aliphatic carboxylic acids is 1. The van der Waals surface area contributed by atoms with Gasteiger partial charge in [0.15, 0.2) is 0 Å². The van der Waals surface area contributed by atoms with E-state index in [1.165, 1.54) is 5.56 Å². The van der Waals surface area contributed by atoms with Crippen molar-refractivity contribution in [3.05, 3.63) is 35.9 Å². The molecule has 0 saturated carbocycles. The van der Waals surface area contributed by atoms with E-state index in [9.17, 15) is 9.90 Å². The Labute approximate surface area is 130 Å². The van der Waals surface area contributed by atoms with E-state index in [1.54, 1.807) is 0 Å². The average Bonchev–Trinajstić information content (AvgIpc) is 2.39. The molecule has 1 aromatic rings. The average molecular weight is 255 g/mol. The minimum atomic E-state index is -0.938. The summed E-state index contributed by atoms with van der Waals surface area (Å²) in [6, 6.07) is 9.76. The minimum Gasteiger partial charge on any atom is -0.548 e. The summed E-state index contributed by atoms with van der Waals surface area (Å²) in [6.07, 6.45) is 2.76. The van der Waals surface area contributed by atoms with E-state index in [0.717, 1.165) is 19.4 Å². The van der Waals surface area contributed by atoms with Crippen LogP contribution in [0.5, 0.6) is 0 Å². The number of carbonyl (C=O) groups excluding carboxylic acids is 1. The molecule has 0 aliphatic carbocycles. The maximum Gasteiger partial charge on any atom is 1.00 e. The van der Waals surface area contributed by atoms with Crippen molar-refractivity contribution in [1.82, 2.24) is 4.90 Å². The summed E-state index contributed by atoms with van der Waals surface area (Å²) >= 11 is 0. The van der Waals surface area contributed by atoms with E-state index in [1.807, 2.05) is 35.2 Å². The van der Waals surface area contributed by atoms with Gasteiger partial charge in [-0.2, -0.15) is 0 Å². The molecular formula is C14H18NNaO2. The third kappa shape index (κ3) is 3.58. The predicted molar refractivity (Wildman–Crippen MR) is 64.2 cm³/mol. The summed E-state index contributed by atoms with van der Waals surface area (Å²) in [5.74, 6) is -0.938. The Bertz CT molecular complexity index is 383. The molecule has 1 fully saturated rings. The van der Waals surface area contributed by atoms with Gasteiger partial charge in [0.05, 0.1) is 5.97 Å². The fourth-order valence-corrected chi connectivity index (χ4v) is 2.59. The van der Waals surface area contributed by atoms with Crippen molar-refractivity contribution in [2.24, 2.45) is 0 Å². The molecule has 3 nitrogen and oxygen atoms in total. The number of benzene rings is 1. The van der Waals surface area contributed by atoms with Crippen molar-refractivity contribution in [3.63, 3.8) is 0 Å². The molecule has 18 heavy (non-hydrogen) atoms. The quantitative estimate of drug-likeness (QED) is 0.608. The van der Waals surface area contributed by atoms with Crippen molar-refractivity contribution in [2.45, 2.75) is 38.3 Å². The second-order valence-electron chi connectivity index (χ2n) is 4.66. The molecule has 0 unspecified atom stereocenters. The minimum absolute atomic E-state index is 0. The molecule has 0 spiro atoms. The Kier molecular flexibility index (Phi) is 6.36. The van der Waals surface area contributed by atoms with E-state index >= 15 is 0 Å². The molecule has 1 heterocycles. The second kappa shape index (κ2) is 7.29. The maximum atomic E-state index is 11.1. The number of rotatable bonds is 3. The molecule has 2 atom stereocenters. The van der Waals surface area contributed by atoms with Gasteiger partial charge >= 0.3 is 29.6 Å². The third-order valence-corrected chi connectivity index (χ3v) is 3.60. The van der Waals surface area contributed by atoms with Gasteiger partial charge in [0.2, 0.25) is 0 Å². The number of carboxylic acids is 1. The zero-order valence-electron chi connectivity index (χ0n) is 11.1. The van der Waals surface area contributed by atoms with Crippen molar-refractivity contribution in [1.29, 1.82) is 0 Å². The smallest absolute Gasteiger partial charge is 0.548 e. The van der Waals surface area contributed by atoms with Crippen molar-refractivity contribution < 1.29 is 39.5 Å². The zero-order chi connectivity index (χ0) is 12.3. The molecule has 92 valence electrons. The number of carboxylic acid groups (broad SMARTS) is 1. The van der Waals surface area contributed by atoms with E-state index in [2.05, 4.69) is 6.92 Å². The molecule has 0 amide bonds. The van der Waals surface area contributed by atoms with Crippen LogP contribution in [0.15, 0.2) is 30.3 Å². The largest absolute Gasteiger partial charge is 1.00 e. The van der Waals surface area contributed by atoms with Crippen LogP contribution in [0.4, 0.5) is 0 Å². The van der Waals surface area contributed by atoms with Gasteiger partial charge in [0.1, 0.15) is 0 Å². The number of likely N-dealkylation sites (tertiary alicyclic amines) is 1. The third-order valence-electron chi connectivity index (χ3n) is 3.60. The molecule has 0 radical (unpaired) electrons. The van der Waals surface area contributed by atoms with Gasteiger partial charge in [-0.3, -0.25) is 4.90 Å². The fourth-order valence-electron chi connectivity index (χ4n) is 2.59. The Morgan fingerprint density at radius 1 is 1.33 bits per heavy atom. The van der Waals surface area contributed by atoms with E-state index < -0.39 is 12.0 Å². The Morgan fingerprint density at radius 3 is 2.61 bits per heavy atom. The molecule has 1 aliphatic rings. The van der Waals surface area contributed by atoms with Crippen LogP contribution in [-0.2, 0) is 4.79 Å². The number of hydrogen-bond acceptors (Lipinski definition) is 3. The number of nitrogens with zero attached hydrogens (tertiary/aromatic N) is 1. The topological polar surface area (TPSA) is 43.4 Å². The Hall–Kier alpha value is -0.350. The van der Waals surface area contributed by atoms with E-state index in [4.69, 9.17) is 0 Å². The normalized spacial score (nSPS) is 21.9. The van der Waals surface area contributed by atoms with Gasteiger partial charge in [-0.05, 0) is 31.9 Å². The number of piperidine rings is 1. The van der Waals surface area contributed by atoms with Crippen LogP contribution in [0.1, 0.15) is 37.8 Å². The number of carbonyl (C=O) groups is 1. The van der Waals surface area contributed by atoms with Gasteiger partial charge in [-0.15, -0.1) is 0 Å². The molecular weight excluding hydrogens is 237 g/mol. The van der Waals surface area contributed by atoms with Crippen LogP contribution in [0.3, 0.4) is 0 Å². The summed E-state index contributed by atoms with van der Waals surface area (Å²) in [5, 5.41) is 11.1. The van der Waals surface area contributed by atoms with Gasteiger partial charge in [0, 0.05) is 12.1 Å². The molecule has 1 aromatic carbocycles. The van der Waals surface area contributed by atoms with Crippen LogP contribution >= 0.6 is 0 Å². The first-order valence-electron chi connectivity index (χ1n) is 6.21. The van der Waals surface area contributed by atoms with Crippen LogP contribution in [0.25, 0.3) is 0 Å². The van der Waals surface area contributed by atoms with Gasteiger partial charge in [-0.25, -0.2) is 0 Å². The van der Waals surface area contributed by atoms with Crippen LogP contribution in [0.2, 0.25) is 0 Å². The van der Waals surface area contributed by atoms with Crippen LogP contribution < -0.4 is 34.7 Å². The first-order chi connectivity index (χ1) is 8.20. The van der Waals surface area contributed by atoms with Gasteiger partial charge in [0.25, 0.3) is 0 Å². The van der Waals surface area contributed by atoms with Crippen LogP contribution in [-0.4, -0.2) is 23.5 Å². The van der Waals surface area contributed by atoms with E-state index in [-0.39, 0.29) is 35.6 Å². The predicted octanol–water partition coefficient (Wildman–Crippen LogP) is -1.64. The van der Waals surface area contributed by atoms with Gasteiger partial charge in [-0.1, -0.05) is 36.8 Å². The molecule has 4 heteroatoms. The fraction of sp³-hybridized carbons (Fsp3) is 0.500. The second-order valence-corrected chi connectivity index (χ2v) is 4.66. The van der Waals surface area contributed by atoms with Crippen molar-refractivity contribution in [2.75, 3.05) is 6.54 Å². The summed E-state index contributed by atoms with van der Waals surface area (Å²) in [4.78, 5) is 13.2. The molecule has 0 N–H and O–H groups in total. The first-order valence-corrected chi connectivity index (χ1v) is 6.21. The maximum absolute atomic E-state index is 11.1. The molecule has 0 bridgehead atoms. The standard InChI is InChI=1S/C14H19NO2.Na/c1-11(12-7-3-2-4-8-12)15-10-6-5-9-13(15)14(16)17;/h2-4,7-8,11,13H,5-6,9-10H2,1H3,(H,16,17);/q;+1/p-1/t11-,13-;/m0./s1. The monoisotopic (exact) mass is 255 g/mol. The molecule has 2 rings (SSSR count). The zero-order valence-corrected chi connectivity index (χ0v) is 13.1. The van der Waals surface area contributed by atoms with Gasteiger partial charge < -0.3 is 9.90 Å². The Balaban J connectivity index is 0.00000162. The molecule has 0 aromatic heterocycles. The SMILES string of the molecule is C[C@@H](c1ccccc1)N1CCCC[C@H]1C(=O)[O-].[Na+]. The summed E-state index contributed by atoms with van der Waals surface area (Å²) < 4.78 is 0. The molecule has 1 aliphatic heterocycles. The Morgan fingerprint density at radius 2 is 2.00 bits per heavy atom. The molecule has 1 saturated heterocycles. The van der Waals surface area contributed by atoms with E-state index in [0.29, 0.717) is 6.42 Å². The van der Waals surface area contributed by atoms with Crippen molar-refractivity contribution >= 4 is 5.97 Å². The first kappa shape index (κ1) is 15.7. The summed E-state index contributed by atoms with van der Waals surface area (Å²) in [6.45, 7) is 2.91. The van der Waals surface area contributed by atoms with Crippen LogP contribution in [0, 0.1) is 0 Å². The van der Waals surface area contributed by atoms with Crippen molar-refractivity contribution in [3.8, 4) is 0 Å².